The number of carbonyl (C=O) groups is 1. The summed E-state index contributed by atoms with van der Waals surface area (Å²) < 4.78 is 17.0. The first-order valence-corrected chi connectivity index (χ1v) is 13.8. The molecule has 1 aliphatic heterocycles. The van der Waals surface area contributed by atoms with Gasteiger partial charge in [0.1, 0.15) is 11.5 Å². The predicted octanol–water partition coefficient (Wildman–Crippen LogP) is 4.17. The molecule has 0 radical (unpaired) electrons. The molecule has 0 spiro atoms. The molecule has 1 atom stereocenters. The van der Waals surface area contributed by atoms with Gasteiger partial charge in [0.25, 0.3) is 5.56 Å². The van der Waals surface area contributed by atoms with E-state index < -0.39 is 11.4 Å². The zero-order chi connectivity index (χ0) is 25.2. The van der Waals surface area contributed by atoms with Gasteiger partial charge in [-0.15, -0.1) is 0 Å². The van der Waals surface area contributed by atoms with Crippen LogP contribution < -0.4 is 16.6 Å². The van der Waals surface area contributed by atoms with Crippen molar-refractivity contribution in [2.45, 2.75) is 69.5 Å². The first-order valence-electron chi connectivity index (χ1n) is 12.7. The number of carbonyl (C=O) groups excluding carboxylic acids is 1. The van der Waals surface area contributed by atoms with Gasteiger partial charge in [-0.25, -0.2) is 14.2 Å². The highest BCUT2D eigenvalue weighted by molar-refractivity contribution is 7.99. The number of hydrogen-bond acceptors (Lipinski definition) is 5. The van der Waals surface area contributed by atoms with Crippen LogP contribution in [0.25, 0.3) is 11.0 Å². The molecular weight excluding hydrogens is 479 g/mol. The molecule has 1 aromatic carbocycles. The molecule has 190 valence electrons. The number of rotatable bonds is 5. The lowest BCUT2D eigenvalue weighted by Gasteiger charge is -2.32. The summed E-state index contributed by atoms with van der Waals surface area (Å²) in [6, 6.07) is 10.5. The molecule has 2 aliphatic rings. The minimum Gasteiger partial charge on any atom is -0.353 e. The summed E-state index contributed by atoms with van der Waals surface area (Å²) in [4.78, 5) is 44.1. The minimum absolute atomic E-state index is 0.00669. The van der Waals surface area contributed by atoms with E-state index in [1.807, 2.05) is 49.0 Å². The van der Waals surface area contributed by atoms with Crippen LogP contribution in [0.15, 0.2) is 52.2 Å². The van der Waals surface area contributed by atoms with E-state index in [-0.39, 0.29) is 46.7 Å². The van der Waals surface area contributed by atoms with Gasteiger partial charge in [0.2, 0.25) is 5.91 Å². The van der Waals surface area contributed by atoms with E-state index in [0.29, 0.717) is 25.7 Å². The van der Waals surface area contributed by atoms with Crippen LogP contribution in [0.3, 0.4) is 0 Å². The number of nitrogens with zero attached hydrogens (tertiary/aromatic N) is 3. The van der Waals surface area contributed by atoms with Crippen molar-refractivity contribution in [2.75, 3.05) is 11.5 Å². The summed E-state index contributed by atoms with van der Waals surface area (Å²) in [5, 5.41) is 3.30. The van der Waals surface area contributed by atoms with Gasteiger partial charge in [0, 0.05) is 18.1 Å². The number of halogens is 1. The SMILES string of the molecule is CC(C(=O)NC1CCC(n2c(=O)c3cc(F)cnc3n(C3CCSCC3)c2=O)CC1)c1ccccc1. The van der Waals surface area contributed by atoms with E-state index in [1.54, 1.807) is 4.57 Å². The van der Waals surface area contributed by atoms with Gasteiger partial charge in [-0.2, -0.15) is 11.8 Å². The first kappa shape index (κ1) is 24.7. The maximum absolute atomic E-state index is 14.1. The van der Waals surface area contributed by atoms with E-state index >= 15 is 0 Å². The molecule has 1 aliphatic carbocycles. The van der Waals surface area contributed by atoms with Crippen LogP contribution in [0, 0.1) is 5.82 Å². The van der Waals surface area contributed by atoms with Crippen LogP contribution in [-0.2, 0) is 4.79 Å². The van der Waals surface area contributed by atoms with Gasteiger partial charge in [0.15, 0.2) is 0 Å². The fourth-order valence-electron chi connectivity index (χ4n) is 5.50. The Bertz CT molecular complexity index is 1360. The summed E-state index contributed by atoms with van der Waals surface area (Å²) >= 11 is 1.85. The van der Waals surface area contributed by atoms with Gasteiger partial charge >= 0.3 is 5.69 Å². The van der Waals surface area contributed by atoms with Crippen LogP contribution in [0.4, 0.5) is 4.39 Å². The fourth-order valence-corrected chi connectivity index (χ4v) is 6.58. The number of benzene rings is 1. The molecule has 1 amide bonds. The molecule has 1 unspecified atom stereocenters. The van der Waals surface area contributed by atoms with Crippen molar-refractivity contribution in [1.29, 1.82) is 0 Å². The number of thioether (sulfide) groups is 1. The number of amides is 1. The summed E-state index contributed by atoms with van der Waals surface area (Å²) in [5.74, 6) is 1.01. The Morgan fingerprint density at radius 1 is 1.03 bits per heavy atom. The van der Waals surface area contributed by atoms with Crippen LogP contribution in [0.1, 0.15) is 69.0 Å². The number of nitrogens with one attached hydrogen (secondary N) is 1. The Balaban J connectivity index is 1.38. The Hall–Kier alpha value is -2.94. The zero-order valence-electron chi connectivity index (χ0n) is 20.4. The summed E-state index contributed by atoms with van der Waals surface area (Å²) in [6.45, 7) is 1.89. The smallest absolute Gasteiger partial charge is 0.333 e. The van der Waals surface area contributed by atoms with Crippen LogP contribution in [-0.4, -0.2) is 37.6 Å². The molecule has 9 heteroatoms. The second kappa shape index (κ2) is 10.6. The van der Waals surface area contributed by atoms with E-state index in [0.717, 1.165) is 36.1 Å². The normalized spacial score (nSPS) is 21.8. The summed E-state index contributed by atoms with van der Waals surface area (Å²) in [5.41, 5.74) is 0.409. The van der Waals surface area contributed by atoms with Crippen molar-refractivity contribution >= 4 is 28.7 Å². The third kappa shape index (κ3) is 4.85. The third-order valence-electron chi connectivity index (χ3n) is 7.58. The quantitative estimate of drug-likeness (QED) is 0.557. The van der Waals surface area contributed by atoms with Gasteiger partial charge < -0.3 is 5.32 Å². The molecular formula is C27H31FN4O3S. The number of hydrogen-bond donors (Lipinski definition) is 1. The van der Waals surface area contributed by atoms with Gasteiger partial charge in [-0.3, -0.25) is 18.7 Å². The van der Waals surface area contributed by atoms with E-state index in [9.17, 15) is 18.8 Å². The van der Waals surface area contributed by atoms with Crippen molar-refractivity contribution < 1.29 is 9.18 Å². The Kier molecular flexibility index (Phi) is 7.27. The van der Waals surface area contributed by atoms with Crippen molar-refractivity contribution in [1.82, 2.24) is 19.4 Å². The van der Waals surface area contributed by atoms with E-state index in [2.05, 4.69) is 10.3 Å². The lowest BCUT2D eigenvalue weighted by Crippen LogP contribution is -2.47. The van der Waals surface area contributed by atoms with Gasteiger partial charge in [-0.05, 0) is 68.6 Å². The molecule has 2 fully saturated rings. The number of pyridine rings is 1. The maximum Gasteiger partial charge on any atom is 0.333 e. The van der Waals surface area contributed by atoms with Crippen molar-refractivity contribution in [2.24, 2.45) is 0 Å². The summed E-state index contributed by atoms with van der Waals surface area (Å²) in [7, 11) is 0. The average molecular weight is 511 g/mol. The molecule has 0 bridgehead atoms. The first-order chi connectivity index (χ1) is 17.4. The van der Waals surface area contributed by atoms with Crippen molar-refractivity contribution in [3.05, 3.63) is 74.8 Å². The zero-order valence-corrected chi connectivity index (χ0v) is 21.2. The monoisotopic (exact) mass is 510 g/mol. The largest absolute Gasteiger partial charge is 0.353 e. The lowest BCUT2D eigenvalue weighted by atomic mass is 9.90. The summed E-state index contributed by atoms with van der Waals surface area (Å²) in [6.07, 6.45) is 5.23. The molecule has 5 rings (SSSR count). The molecule has 2 aromatic heterocycles. The molecule has 1 N–H and O–H groups in total. The second-order valence-corrected chi connectivity index (χ2v) is 11.1. The molecule has 36 heavy (non-hydrogen) atoms. The molecule has 7 nitrogen and oxygen atoms in total. The van der Waals surface area contributed by atoms with Crippen molar-refractivity contribution in [3.63, 3.8) is 0 Å². The fraction of sp³-hybridized carbons (Fsp3) is 0.481. The Morgan fingerprint density at radius 2 is 1.69 bits per heavy atom. The standard InChI is InChI=1S/C27H31FN4O3S/c1-17(18-5-3-2-4-6-18)25(33)30-20-7-9-21(10-8-20)32-26(34)23-15-19(28)16-29-24(23)31(27(32)35)22-11-13-36-14-12-22/h2-6,15-17,20-22H,7-14H2,1H3,(H,30,33). The topological polar surface area (TPSA) is 86.0 Å². The lowest BCUT2D eigenvalue weighted by molar-refractivity contribution is -0.123. The van der Waals surface area contributed by atoms with Crippen LogP contribution in [0.5, 0.6) is 0 Å². The van der Waals surface area contributed by atoms with Gasteiger partial charge in [0.05, 0.1) is 17.5 Å². The molecule has 1 saturated heterocycles. The number of aromatic nitrogens is 3. The third-order valence-corrected chi connectivity index (χ3v) is 8.63. The predicted molar refractivity (Wildman–Crippen MR) is 140 cm³/mol. The Morgan fingerprint density at radius 3 is 2.39 bits per heavy atom. The maximum atomic E-state index is 14.1. The average Bonchev–Trinajstić information content (AvgIpc) is 2.91. The Labute approximate surface area is 213 Å². The second-order valence-electron chi connectivity index (χ2n) is 9.84. The minimum atomic E-state index is -0.588. The van der Waals surface area contributed by atoms with E-state index in [4.69, 9.17) is 0 Å². The highest BCUT2D eigenvalue weighted by Gasteiger charge is 2.30. The van der Waals surface area contributed by atoms with Crippen molar-refractivity contribution in [3.8, 4) is 0 Å². The highest BCUT2D eigenvalue weighted by Crippen LogP contribution is 2.30. The highest BCUT2D eigenvalue weighted by atomic mass is 32.2. The molecule has 3 aromatic rings. The van der Waals surface area contributed by atoms with Crippen LogP contribution in [0.2, 0.25) is 0 Å². The van der Waals surface area contributed by atoms with E-state index in [1.165, 1.54) is 10.6 Å². The number of fused-ring (bicyclic) bond motifs is 1. The molecule has 1 saturated carbocycles. The van der Waals surface area contributed by atoms with Crippen LogP contribution >= 0.6 is 11.8 Å². The van der Waals surface area contributed by atoms with Gasteiger partial charge in [-0.1, -0.05) is 30.3 Å². The molecule has 3 heterocycles.